The van der Waals surface area contributed by atoms with Crippen molar-refractivity contribution in [3.8, 4) is 11.5 Å². The van der Waals surface area contributed by atoms with Gasteiger partial charge < -0.3 is 14.8 Å². The van der Waals surface area contributed by atoms with Crippen molar-refractivity contribution in [3.63, 3.8) is 0 Å². The second kappa shape index (κ2) is 9.40. The fraction of sp³-hybridized carbons (Fsp3) is 0.130. The highest BCUT2D eigenvalue weighted by molar-refractivity contribution is 6.32. The van der Waals surface area contributed by atoms with Crippen molar-refractivity contribution in [2.75, 3.05) is 5.32 Å². The van der Waals surface area contributed by atoms with Gasteiger partial charge in [-0.25, -0.2) is 9.97 Å². The number of aromatic nitrogens is 3. The SMILES string of the molecule is C[C@@H](C=O)Oc1cccc2ncnc(Nc3ccc(OCc4ccccn4)c(Cl)c3)c12. The molecule has 0 saturated heterocycles. The first-order chi connectivity index (χ1) is 15.1. The molecule has 0 fully saturated rings. The third kappa shape index (κ3) is 4.90. The first kappa shape index (κ1) is 20.6. The molecule has 2 aromatic heterocycles. The molecule has 1 atom stereocenters. The van der Waals surface area contributed by atoms with E-state index in [0.29, 0.717) is 45.5 Å². The normalized spacial score (nSPS) is 11.7. The topological polar surface area (TPSA) is 86.2 Å². The largest absolute Gasteiger partial charge is 0.486 e. The number of nitrogens with one attached hydrogen (secondary N) is 1. The minimum Gasteiger partial charge on any atom is -0.486 e. The Morgan fingerprint density at radius 2 is 1.97 bits per heavy atom. The van der Waals surface area contributed by atoms with Crippen LogP contribution in [0.1, 0.15) is 12.6 Å². The summed E-state index contributed by atoms with van der Waals surface area (Å²) in [6, 6.07) is 16.4. The number of hydrogen-bond donors (Lipinski definition) is 1. The number of rotatable bonds is 8. The minimum atomic E-state index is -0.594. The predicted octanol–water partition coefficient (Wildman–Crippen LogP) is 4.97. The van der Waals surface area contributed by atoms with Crippen molar-refractivity contribution >= 4 is 40.3 Å². The van der Waals surface area contributed by atoms with E-state index in [0.717, 1.165) is 12.0 Å². The van der Waals surface area contributed by atoms with Gasteiger partial charge >= 0.3 is 0 Å². The standard InChI is InChI=1S/C23H19ClN4O3/c1-15(12-29)31-21-7-4-6-19-22(21)23(27-14-26-19)28-16-8-9-20(18(24)11-16)30-13-17-5-2-3-10-25-17/h2-12,14-15H,13H2,1H3,(H,26,27,28)/t15-/m0/s1. The van der Waals surface area contributed by atoms with E-state index in [-0.39, 0.29) is 0 Å². The van der Waals surface area contributed by atoms with Crippen molar-refractivity contribution < 1.29 is 14.3 Å². The Kier molecular flexibility index (Phi) is 6.24. The summed E-state index contributed by atoms with van der Waals surface area (Å²) in [5.41, 5.74) is 2.22. The summed E-state index contributed by atoms with van der Waals surface area (Å²) in [4.78, 5) is 23.9. The van der Waals surface area contributed by atoms with Gasteiger partial charge in [0.25, 0.3) is 0 Å². The van der Waals surface area contributed by atoms with E-state index in [9.17, 15) is 4.79 Å². The lowest BCUT2D eigenvalue weighted by atomic mass is 10.2. The number of halogens is 1. The number of aldehydes is 1. The molecular formula is C23H19ClN4O3. The highest BCUT2D eigenvalue weighted by Gasteiger charge is 2.13. The van der Waals surface area contributed by atoms with E-state index in [1.807, 2.05) is 36.4 Å². The number of carbonyl (C=O) groups is 1. The molecule has 156 valence electrons. The Labute approximate surface area is 184 Å². The Bertz CT molecular complexity index is 1200. The average molecular weight is 435 g/mol. The highest BCUT2D eigenvalue weighted by atomic mass is 35.5. The predicted molar refractivity (Wildman–Crippen MR) is 119 cm³/mol. The molecule has 7 nitrogen and oxygen atoms in total. The molecule has 0 spiro atoms. The van der Waals surface area contributed by atoms with E-state index in [1.54, 1.807) is 31.3 Å². The first-order valence-corrected chi connectivity index (χ1v) is 9.97. The fourth-order valence-electron chi connectivity index (χ4n) is 2.97. The second-order valence-corrected chi connectivity index (χ2v) is 7.12. The molecule has 4 rings (SSSR count). The molecule has 0 unspecified atom stereocenters. The zero-order valence-electron chi connectivity index (χ0n) is 16.7. The van der Waals surface area contributed by atoms with Gasteiger partial charge in [0.15, 0.2) is 12.4 Å². The molecule has 1 N–H and O–H groups in total. The average Bonchev–Trinajstić information content (AvgIpc) is 2.79. The van der Waals surface area contributed by atoms with Gasteiger partial charge in [-0.1, -0.05) is 23.7 Å². The molecule has 0 aliphatic carbocycles. The van der Waals surface area contributed by atoms with Crippen LogP contribution in [-0.4, -0.2) is 27.3 Å². The molecule has 4 aromatic rings. The van der Waals surface area contributed by atoms with Crippen LogP contribution in [0.15, 0.2) is 67.1 Å². The molecule has 0 amide bonds. The van der Waals surface area contributed by atoms with Gasteiger partial charge in [0.2, 0.25) is 0 Å². The van der Waals surface area contributed by atoms with Gasteiger partial charge in [0.05, 0.1) is 21.6 Å². The van der Waals surface area contributed by atoms with Crippen LogP contribution in [0.5, 0.6) is 11.5 Å². The molecular weight excluding hydrogens is 416 g/mol. The zero-order chi connectivity index (χ0) is 21.6. The molecule has 2 aromatic carbocycles. The van der Waals surface area contributed by atoms with E-state index >= 15 is 0 Å². The molecule has 0 radical (unpaired) electrons. The van der Waals surface area contributed by atoms with E-state index in [4.69, 9.17) is 21.1 Å². The van der Waals surface area contributed by atoms with E-state index < -0.39 is 6.10 Å². The number of fused-ring (bicyclic) bond motifs is 1. The van der Waals surface area contributed by atoms with Gasteiger partial charge in [-0.2, -0.15) is 0 Å². The summed E-state index contributed by atoms with van der Waals surface area (Å²) >= 11 is 6.42. The number of nitrogens with zero attached hydrogens (tertiary/aromatic N) is 3. The maximum Gasteiger partial charge on any atom is 0.160 e. The van der Waals surface area contributed by atoms with Crippen molar-refractivity contribution in [1.82, 2.24) is 15.0 Å². The monoisotopic (exact) mass is 434 g/mol. The minimum absolute atomic E-state index is 0.319. The maximum absolute atomic E-state index is 11.0. The van der Waals surface area contributed by atoms with Crippen LogP contribution in [0.25, 0.3) is 10.9 Å². The second-order valence-electron chi connectivity index (χ2n) is 6.71. The van der Waals surface area contributed by atoms with Crippen LogP contribution >= 0.6 is 11.6 Å². The number of carbonyl (C=O) groups excluding carboxylic acids is 1. The van der Waals surface area contributed by atoms with Crippen molar-refractivity contribution in [2.45, 2.75) is 19.6 Å². The third-order valence-electron chi connectivity index (χ3n) is 4.43. The van der Waals surface area contributed by atoms with Gasteiger partial charge in [0.1, 0.15) is 30.3 Å². The summed E-state index contributed by atoms with van der Waals surface area (Å²) in [5.74, 6) is 1.60. The van der Waals surface area contributed by atoms with Crippen molar-refractivity contribution in [1.29, 1.82) is 0 Å². The molecule has 0 aliphatic rings. The first-order valence-electron chi connectivity index (χ1n) is 9.59. The number of benzene rings is 2. The zero-order valence-corrected chi connectivity index (χ0v) is 17.4. The van der Waals surface area contributed by atoms with E-state index in [1.165, 1.54) is 6.33 Å². The molecule has 0 aliphatic heterocycles. The summed E-state index contributed by atoms with van der Waals surface area (Å²) in [7, 11) is 0. The Balaban J connectivity index is 1.57. The van der Waals surface area contributed by atoms with Crippen LogP contribution in [-0.2, 0) is 11.4 Å². The summed E-state index contributed by atoms with van der Waals surface area (Å²) < 4.78 is 11.5. The molecule has 0 saturated carbocycles. The van der Waals surface area contributed by atoms with Gasteiger partial charge in [-0.05, 0) is 49.4 Å². The fourth-order valence-corrected chi connectivity index (χ4v) is 3.20. The third-order valence-corrected chi connectivity index (χ3v) is 4.72. The lowest BCUT2D eigenvalue weighted by molar-refractivity contribution is -0.113. The molecule has 0 bridgehead atoms. The van der Waals surface area contributed by atoms with Crippen molar-refractivity contribution in [2.24, 2.45) is 0 Å². The van der Waals surface area contributed by atoms with E-state index in [2.05, 4.69) is 20.3 Å². The molecule has 8 heteroatoms. The van der Waals surface area contributed by atoms with Gasteiger partial charge in [-0.3, -0.25) is 9.78 Å². The number of hydrogen-bond acceptors (Lipinski definition) is 7. The van der Waals surface area contributed by atoms with Crippen LogP contribution in [0, 0.1) is 0 Å². The maximum atomic E-state index is 11.0. The summed E-state index contributed by atoms with van der Waals surface area (Å²) in [6.07, 6.45) is 3.32. The Morgan fingerprint density at radius 3 is 2.74 bits per heavy atom. The summed E-state index contributed by atoms with van der Waals surface area (Å²) in [5, 5.41) is 4.37. The number of ether oxygens (including phenoxy) is 2. The smallest absolute Gasteiger partial charge is 0.160 e. The number of pyridine rings is 1. The summed E-state index contributed by atoms with van der Waals surface area (Å²) in [6.45, 7) is 1.99. The van der Waals surface area contributed by atoms with Crippen molar-refractivity contribution in [3.05, 3.63) is 77.8 Å². The lowest BCUT2D eigenvalue weighted by Crippen LogP contribution is -2.13. The molecule has 31 heavy (non-hydrogen) atoms. The van der Waals surface area contributed by atoms with Crippen LogP contribution in [0.4, 0.5) is 11.5 Å². The Hall–Kier alpha value is -3.71. The van der Waals surface area contributed by atoms with Crippen LogP contribution in [0.2, 0.25) is 5.02 Å². The molecule has 2 heterocycles. The number of anilines is 2. The Morgan fingerprint density at radius 1 is 1.06 bits per heavy atom. The van der Waals surface area contributed by atoms with Crippen LogP contribution in [0.3, 0.4) is 0 Å². The quantitative estimate of drug-likeness (QED) is 0.392. The van der Waals surface area contributed by atoms with Crippen LogP contribution < -0.4 is 14.8 Å². The van der Waals surface area contributed by atoms with Gasteiger partial charge in [-0.15, -0.1) is 0 Å². The lowest BCUT2D eigenvalue weighted by Gasteiger charge is -2.15. The highest BCUT2D eigenvalue weighted by Crippen LogP contribution is 2.34. The van der Waals surface area contributed by atoms with Gasteiger partial charge in [0, 0.05) is 11.9 Å².